The zero-order valence-corrected chi connectivity index (χ0v) is 21.9. The lowest BCUT2D eigenvalue weighted by Gasteiger charge is -2.32. The van der Waals surface area contributed by atoms with Crippen molar-refractivity contribution in [3.05, 3.63) is 94.0 Å². The number of nitrogens with one attached hydrogen (secondary N) is 1. The van der Waals surface area contributed by atoms with Crippen LogP contribution in [0.5, 0.6) is 0 Å². The molecular weight excluding hydrogens is 511 g/mol. The summed E-state index contributed by atoms with van der Waals surface area (Å²) >= 11 is 12.3. The number of carbonyl (C=O) groups is 3. The first kappa shape index (κ1) is 25.5. The van der Waals surface area contributed by atoms with E-state index in [1.165, 1.54) is 12.0 Å². The van der Waals surface area contributed by atoms with E-state index >= 15 is 0 Å². The van der Waals surface area contributed by atoms with Crippen LogP contribution in [0.2, 0.25) is 10.0 Å². The number of benzene rings is 3. The van der Waals surface area contributed by atoms with Gasteiger partial charge in [0, 0.05) is 19.0 Å². The summed E-state index contributed by atoms with van der Waals surface area (Å²) in [6.07, 6.45) is 0.218. The molecule has 2 fully saturated rings. The molecule has 3 unspecified atom stereocenters. The Balaban J connectivity index is 1.57. The average Bonchev–Trinajstić information content (AvgIpc) is 3.39. The van der Waals surface area contributed by atoms with Crippen LogP contribution in [0.25, 0.3) is 11.1 Å². The third kappa shape index (κ3) is 4.23. The largest absolute Gasteiger partial charge is 0.468 e. The number of likely N-dealkylation sites (tertiary alicyclic amines) is 1. The lowest BCUT2D eigenvalue weighted by molar-refractivity contribution is -0.154. The normalized spacial score (nSPS) is 24.9. The van der Waals surface area contributed by atoms with Crippen LogP contribution >= 0.6 is 23.2 Å². The van der Waals surface area contributed by atoms with Crippen molar-refractivity contribution >= 4 is 41.0 Å². The molecule has 2 saturated heterocycles. The fourth-order valence-electron chi connectivity index (χ4n) is 5.74. The molecule has 0 aromatic heterocycles. The minimum absolute atomic E-state index is 0.218. The molecule has 1 N–H and O–H groups in total. The first-order valence-electron chi connectivity index (χ1n) is 12.1. The number of ether oxygens (including phenoxy) is 1. The molecule has 5 rings (SSSR count). The summed E-state index contributed by atoms with van der Waals surface area (Å²) in [4.78, 5) is 41.7. The summed E-state index contributed by atoms with van der Waals surface area (Å²) in [5.74, 6) is -2.79. The van der Waals surface area contributed by atoms with Crippen LogP contribution in [-0.2, 0) is 25.5 Å². The lowest BCUT2D eigenvalue weighted by atomic mass is 9.76. The van der Waals surface area contributed by atoms with Crippen LogP contribution in [0.15, 0.2) is 72.8 Å². The Labute approximate surface area is 225 Å². The maximum Gasteiger partial charge on any atom is 0.327 e. The predicted molar refractivity (Wildman–Crippen MR) is 142 cm³/mol. The van der Waals surface area contributed by atoms with Crippen molar-refractivity contribution in [3.63, 3.8) is 0 Å². The Morgan fingerprint density at radius 2 is 1.62 bits per heavy atom. The SMILES string of the molecule is CCN1C(=O)C2C(c3ccc(-c4ccc(Cl)c(Cl)c4)cc3)N[C@@](Cc3ccccc3)(C(=O)OC)C2C1=O. The van der Waals surface area contributed by atoms with E-state index in [0.717, 1.165) is 22.3 Å². The number of rotatable bonds is 6. The molecule has 2 heterocycles. The molecule has 2 aliphatic rings. The van der Waals surface area contributed by atoms with Crippen molar-refractivity contribution in [2.24, 2.45) is 11.8 Å². The molecule has 3 aromatic carbocycles. The van der Waals surface area contributed by atoms with Gasteiger partial charge in [-0.25, -0.2) is 0 Å². The van der Waals surface area contributed by atoms with Gasteiger partial charge in [-0.2, -0.15) is 0 Å². The third-order valence-corrected chi connectivity index (χ3v) is 8.20. The van der Waals surface area contributed by atoms with Crippen LogP contribution < -0.4 is 5.32 Å². The number of esters is 1. The van der Waals surface area contributed by atoms with Crippen LogP contribution in [0.4, 0.5) is 0 Å². The summed E-state index contributed by atoms with van der Waals surface area (Å²) < 4.78 is 5.25. The van der Waals surface area contributed by atoms with E-state index in [0.29, 0.717) is 10.0 Å². The first-order valence-corrected chi connectivity index (χ1v) is 12.9. The van der Waals surface area contributed by atoms with E-state index in [1.54, 1.807) is 19.1 Å². The summed E-state index contributed by atoms with van der Waals surface area (Å²) in [5.41, 5.74) is 2.10. The van der Waals surface area contributed by atoms with Gasteiger partial charge in [-0.3, -0.25) is 24.6 Å². The monoisotopic (exact) mass is 536 g/mol. The molecule has 37 heavy (non-hydrogen) atoms. The van der Waals surface area contributed by atoms with E-state index in [4.69, 9.17) is 27.9 Å². The van der Waals surface area contributed by atoms with Gasteiger partial charge in [0.1, 0.15) is 5.54 Å². The maximum absolute atomic E-state index is 13.6. The van der Waals surface area contributed by atoms with Crippen molar-refractivity contribution < 1.29 is 19.1 Å². The highest BCUT2D eigenvalue weighted by Crippen LogP contribution is 2.50. The molecule has 4 atom stereocenters. The minimum atomic E-state index is -1.38. The number of amides is 2. The summed E-state index contributed by atoms with van der Waals surface area (Å²) in [6, 6.07) is 22.0. The van der Waals surface area contributed by atoms with Crippen LogP contribution in [0.3, 0.4) is 0 Å². The van der Waals surface area contributed by atoms with Crippen LogP contribution in [-0.4, -0.2) is 41.9 Å². The molecule has 3 aromatic rings. The number of fused-ring (bicyclic) bond motifs is 1. The van der Waals surface area contributed by atoms with Crippen molar-refractivity contribution in [1.82, 2.24) is 10.2 Å². The second-order valence-electron chi connectivity index (χ2n) is 9.42. The highest BCUT2D eigenvalue weighted by atomic mass is 35.5. The molecule has 0 saturated carbocycles. The predicted octanol–water partition coefficient (Wildman–Crippen LogP) is 5.08. The van der Waals surface area contributed by atoms with Gasteiger partial charge in [0.25, 0.3) is 0 Å². The first-order chi connectivity index (χ1) is 17.8. The number of nitrogens with zero attached hydrogens (tertiary/aromatic N) is 1. The average molecular weight is 537 g/mol. The second-order valence-corrected chi connectivity index (χ2v) is 10.2. The zero-order valence-electron chi connectivity index (χ0n) is 20.4. The van der Waals surface area contributed by atoms with Gasteiger partial charge in [-0.1, -0.05) is 83.9 Å². The molecule has 0 radical (unpaired) electrons. The van der Waals surface area contributed by atoms with Crippen molar-refractivity contribution in [1.29, 1.82) is 0 Å². The highest BCUT2D eigenvalue weighted by Gasteiger charge is 2.68. The Kier molecular flexibility index (Phi) is 6.84. The number of imide groups is 1. The van der Waals surface area contributed by atoms with E-state index in [9.17, 15) is 14.4 Å². The number of halogens is 2. The zero-order chi connectivity index (χ0) is 26.3. The van der Waals surface area contributed by atoms with Gasteiger partial charge >= 0.3 is 5.97 Å². The van der Waals surface area contributed by atoms with Gasteiger partial charge in [0.15, 0.2) is 0 Å². The van der Waals surface area contributed by atoms with Gasteiger partial charge in [0.2, 0.25) is 11.8 Å². The minimum Gasteiger partial charge on any atom is -0.468 e. The van der Waals surface area contributed by atoms with Gasteiger partial charge < -0.3 is 4.74 Å². The van der Waals surface area contributed by atoms with Crippen LogP contribution in [0, 0.1) is 11.8 Å². The molecule has 8 heteroatoms. The smallest absolute Gasteiger partial charge is 0.327 e. The molecule has 0 spiro atoms. The molecule has 0 aliphatic carbocycles. The van der Waals surface area contributed by atoms with E-state index < -0.39 is 29.4 Å². The fraction of sp³-hybridized carbons (Fsp3) is 0.276. The Bertz CT molecular complexity index is 1360. The summed E-state index contributed by atoms with van der Waals surface area (Å²) in [7, 11) is 1.31. The van der Waals surface area contributed by atoms with Crippen LogP contribution in [0.1, 0.15) is 24.1 Å². The number of hydrogen-bond acceptors (Lipinski definition) is 5. The standard InChI is InChI=1S/C29H26Cl2N2O4/c1-3-33-26(34)23-24(27(33)35)29(28(36)37-2,16-17-7-5-4-6-8-17)32-25(23)19-11-9-18(10-12-19)20-13-14-21(30)22(31)15-20/h4-15,23-25,32H,3,16H2,1-2H3/t23?,24?,25?,29-/m1/s1. The maximum atomic E-state index is 13.6. The lowest BCUT2D eigenvalue weighted by Crippen LogP contribution is -2.57. The number of hydrogen-bond donors (Lipinski definition) is 1. The molecule has 6 nitrogen and oxygen atoms in total. The van der Waals surface area contributed by atoms with Gasteiger partial charge in [-0.05, 0) is 41.3 Å². The van der Waals surface area contributed by atoms with Gasteiger partial charge in [-0.15, -0.1) is 0 Å². The quantitative estimate of drug-likeness (QED) is 0.351. The topological polar surface area (TPSA) is 75.7 Å². The Morgan fingerprint density at radius 1 is 0.946 bits per heavy atom. The van der Waals surface area contributed by atoms with Gasteiger partial charge in [0.05, 0.1) is 29.0 Å². The number of carbonyl (C=O) groups excluding carboxylic acids is 3. The van der Waals surface area contributed by atoms with Crippen molar-refractivity contribution in [2.45, 2.75) is 24.9 Å². The molecule has 0 bridgehead atoms. The molecular formula is C29H26Cl2N2O4. The van der Waals surface area contributed by atoms with E-state index in [-0.39, 0.29) is 24.8 Å². The van der Waals surface area contributed by atoms with Crippen molar-refractivity contribution in [3.8, 4) is 11.1 Å². The third-order valence-electron chi connectivity index (χ3n) is 7.46. The summed E-state index contributed by atoms with van der Waals surface area (Å²) in [5, 5.41) is 4.36. The van der Waals surface area contributed by atoms with Crippen molar-refractivity contribution in [2.75, 3.05) is 13.7 Å². The Hall–Kier alpha value is -3.19. The van der Waals surface area contributed by atoms with E-state index in [2.05, 4.69) is 5.32 Å². The number of methoxy groups -OCH3 is 1. The fourth-order valence-corrected chi connectivity index (χ4v) is 6.04. The highest BCUT2D eigenvalue weighted by molar-refractivity contribution is 6.42. The summed E-state index contributed by atoms with van der Waals surface area (Å²) in [6.45, 7) is 2.01. The molecule has 190 valence electrons. The Morgan fingerprint density at radius 3 is 2.24 bits per heavy atom. The van der Waals surface area contributed by atoms with E-state index in [1.807, 2.05) is 60.7 Å². The molecule has 2 aliphatic heterocycles. The second kappa shape index (κ2) is 9.93. The molecule has 2 amide bonds.